The third-order valence-corrected chi connectivity index (χ3v) is 2.64. The van der Waals surface area contributed by atoms with E-state index in [9.17, 15) is 4.79 Å². The van der Waals surface area contributed by atoms with Gasteiger partial charge in [-0.3, -0.25) is 4.79 Å². The molecule has 0 aromatic rings. The largest absolute Gasteiger partial charge is 0.460 e. The summed E-state index contributed by atoms with van der Waals surface area (Å²) < 4.78 is 4.61. The second-order valence-electron chi connectivity index (χ2n) is 4.39. The molecule has 0 radical (unpaired) electrons. The van der Waals surface area contributed by atoms with Crippen molar-refractivity contribution in [2.75, 3.05) is 6.61 Å². The summed E-state index contributed by atoms with van der Waals surface area (Å²) in [6, 6.07) is 0. The highest BCUT2D eigenvalue weighted by molar-refractivity contribution is 9.10. The Morgan fingerprint density at radius 1 is 1.47 bits per heavy atom. The van der Waals surface area contributed by atoms with Gasteiger partial charge in [-0.05, 0) is 39.2 Å². The number of alkyl halides is 1. The highest BCUT2D eigenvalue weighted by Gasteiger charge is 2.25. The molecule has 0 saturated carbocycles. The van der Waals surface area contributed by atoms with E-state index in [0.29, 0.717) is 6.61 Å². The topological polar surface area (TPSA) is 26.3 Å². The van der Waals surface area contributed by atoms with Crippen LogP contribution in [-0.4, -0.2) is 16.9 Å². The number of ether oxygens (including phenoxy) is 1. The van der Waals surface area contributed by atoms with Crippen molar-refractivity contribution in [1.82, 2.24) is 0 Å². The van der Waals surface area contributed by atoms with Crippen LogP contribution in [-0.2, 0) is 9.53 Å². The van der Waals surface area contributed by atoms with Crippen molar-refractivity contribution in [3.63, 3.8) is 0 Å². The molecule has 2 nitrogen and oxygen atoms in total. The van der Waals surface area contributed by atoms with Crippen LogP contribution in [0.1, 0.15) is 33.6 Å². The van der Waals surface area contributed by atoms with Crippen LogP contribution in [0.5, 0.6) is 0 Å². The van der Waals surface area contributed by atoms with E-state index in [4.69, 9.17) is 4.74 Å². The number of hydrogen-bond donors (Lipinski definition) is 0. The Balaban J connectivity index is 2.42. The highest BCUT2D eigenvalue weighted by Crippen LogP contribution is 2.21. The van der Waals surface area contributed by atoms with Crippen molar-refractivity contribution in [2.45, 2.75) is 37.9 Å². The predicted octanol–water partition coefficient (Wildman–Crippen LogP) is 3.37. The Morgan fingerprint density at radius 2 is 2.13 bits per heavy atom. The van der Waals surface area contributed by atoms with Gasteiger partial charge in [-0.25, -0.2) is 0 Å². The Kier molecular flexibility index (Phi) is 4.14. The lowest BCUT2D eigenvalue weighted by atomic mass is 10.0. The second-order valence-corrected chi connectivity index (χ2v) is 6.37. The van der Waals surface area contributed by atoms with E-state index in [2.05, 4.69) is 28.9 Å². The van der Waals surface area contributed by atoms with Crippen LogP contribution in [0, 0.1) is 0 Å². The van der Waals surface area contributed by atoms with Crippen molar-refractivity contribution in [3.8, 4) is 0 Å². The molecule has 0 bridgehead atoms. The lowest BCUT2D eigenvalue weighted by molar-refractivity contribution is -0.144. The van der Waals surface area contributed by atoms with Gasteiger partial charge in [0.1, 0.15) is 10.9 Å². The third-order valence-electron chi connectivity index (χ3n) is 2.32. The van der Waals surface area contributed by atoms with E-state index in [1.54, 1.807) is 13.8 Å². The molecule has 15 heavy (non-hydrogen) atoms. The first-order valence-electron chi connectivity index (χ1n) is 5.11. The molecule has 0 unspecified atom stereocenters. The van der Waals surface area contributed by atoms with E-state index >= 15 is 0 Å². The van der Waals surface area contributed by atoms with Gasteiger partial charge in [0, 0.05) is 0 Å². The summed E-state index contributed by atoms with van der Waals surface area (Å²) in [6.45, 7) is 6.10. The minimum Gasteiger partial charge on any atom is -0.460 e. The zero-order chi connectivity index (χ0) is 11.5. The zero-order valence-electron chi connectivity index (χ0n) is 9.47. The molecule has 0 aliphatic heterocycles. The molecule has 1 rings (SSSR count). The van der Waals surface area contributed by atoms with Crippen molar-refractivity contribution in [3.05, 3.63) is 23.3 Å². The molecule has 0 aromatic carbocycles. The van der Waals surface area contributed by atoms with Crippen LogP contribution in [0.3, 0.4) is 0 Å². The molecule has 1 aliphatic rings. The monoisotopic (exact) mass is 272 g/mol. The average Bonchev–Trinajstić information content (AvgIpc) is 2.15. The standard InChI is InChI=1S/C12H17BrO2/c1-9-4-6-10(7-5-9)8-15-11(14)12(2,3)13/h4,6H,5,7-8H2,1-3H3. The Hall–Kier alpha value is -0.570. The molecule has 84 valence electrons. The van der Waals surface area contributed by atoms with Crippen molar-refractivity contribution in [2.24, 2.45) is 0 Å². The maximum atomic E-state index is 11.5. The summed E-state index contributed by atoms with van der Waals surface area (Å²) in [5, 5.41) is 0. The van der Waals surface area contributed by atoms with Crippen molar-refractivity contribution < 1.29 is 9.53 Å². The number of allylic oxidation sites excluding steroid dienone is 3. The van der Waals surface area contributed by atoms with Gasteiger partial charge in [0.15, 0.2) is 0 Å². The molecule has 0 spiro atoms. The van der Waals surface area contributed by atoms with Gasteiger partial charge in [0.2, 0.25) is 0 Å². The van der Waals surface area contributed by atoms with Crippen LogP contribution >= 0.6 is 15.9 Å². The molecular formula is C12H17BrO2. The maximum Gasteiger partial charge on any atom is 0.322 e. The smallest absolute Gasteiger partial charge is 0.322 e. The Morgan fingerprint density at radius 3 is 2.60 bits per heavy atom. The predicted molar refractivity (Wildman–Crippen MR) is 65.0 cm³/mol. The van der Waals surface area contributed by atoms with Crippen LogP contribution in [0.4, 0.5) is 0 Å². The van der Waals surface area contributed by atoms with Gasteiger partial charge in [-0.15, -0.1) is 0 Å². The van der Waals surface area contributed by atoms with Crippen molar-refractivity contribution >= 4 is 21.9 Å². The summed E-state index contributed by atoms with van der Waals surface area (Å²) in [7, 11) is 0. The fraction of sp³-hybridized carbons (Fsp3) is 0.583. The molecule has 0 atom stereocenters. The first-order valence-corrected chi connectivity index (χ1v) is 5.90. The molecule has 0 fully saturated rings. The van der Waals surface area contributed by atoms with Crippen LogP contribution in [0.25, 0.3) is 0 Å². The summed E-state index contributed by atoms with van der Waals surface area (Å²) in [6.07, 6.45) is 6.21. The van der Waals surface area contributed by atoms with Gasteiger partial charge in [-0.2, -0.15) is 0 Å². The molecule has 3 heteroatoms. The second kappa shape index (κ2) is 4.97. The lowest BCUT2D eigenvalue weighted by Gasteiger charge is -2.17. The number of carbonyl (C=O) groups is 1. The summed E-state index contributed by atoms with van der Waals surface area (Å²) in [5.41, 5.74) is 2.57. The molecule has 0 N–H and O–H groups in total. The van der Waals surface area contributed by atoms with Gasteiger partial charge in [-0.1, -0.05) is 33.7 Å². The number of carbonyl (C=O) groups excluding carboxylic acids is 1. The zero-order valence-corrected chi connectivity index (χ0v) is 11.1. The van der Waals surface area contributed by atoms with Crippen LogP contribution < -0.4 is 0 Å². The lowest BCUT2D eigenvalue weighted by Crippen LogP contribution is -2.27. The fourth-order valence-corrected chi connectivity index (χ4v) is 1.35. The molecule has 0 amide bonds. The van der Waals surface area contributed by atoms with E-state index in [1.807, 2.05) is 6.08 Å². The molecule has 0 aromatic heterocycles. The molecule has 0 saturated heterocycles. The van der Waals surface area contributed by atoms with Gasteiger partial charge >= 0.3 is 5.97 Å². The number of rotatable bonds is 3. The third kappa shape index (κ3) is 4.20. The SMILES string of the molecule is CC1=CC=C(COC(=O)C(C)(C)Br)CC1. The van der Waals surface area contributed by atoms with E-state index < -0.39 is 4.32 Å². The first-order chi connectivity index (χ1) is 6.89. The summed E-state index contributed by atoms with van der Waals surface area (Å²) in [4.78, 5) is 11.5. The quantitative estimate of drug-likeness (QED) is 0.582. The Labute approximate surface area is 99.5 Å². The first kappa shape index (κ1) is 12.5. The normalized spacial score (nSPS) is 16.8. The minimum absolute atomic E-state index is 0.213. The molecular weight excluding hydrogens is 256 g/mol. The number of hydrogen-bond acceptors (Lipinski definition) is 2. The van der Waals surface area contributed by atoms with Crippen molar-refractivity contribution in [1.29, 1.82) is 0 Å². The number of esters is 1. The average molecular weight is 273 g/mol. The van der Waals surface area contributed by atoms with Gasteiger partial charge in [0.25, 0.3) is 0 Å². The summed E-state index contributed by atoms with van der Waals surface area (Å²) in [5.74, 6) is -0.213. The van der Waals surface area contributed by atoms with E-state index in [-0.39, 0.29) is 5.97 Å². The van der Waals surface area contributed by atoms with E-state index in [1.165, 1.54) is 11.1 Å². The maximum absolute atomic E-state index is 11.5. The Bertz CT molecular complexity index is 308. The highest BCUT2D eigenvalue weighted by atomic mass is 79.9. The van der Waals surface area contributed by atoms with E-state index in [0.717, 1.165) is 12.8 Å². The fourth-order valence-electron chi connectivity index (χ4n) is 1.23. The molecule has 0 heterocycles. The van der Waals surface area contributed by atoms with Gasteiger partial charge in [0.05, 0.1) is 0 Å². The molecule has 1 aliphatic carbocycles. The summed E-state index contributed by atoms with van der Waals surface area (Å²) >= 11 is 3.27. The minimum atomic E-state index is -0.589. The van der Waals surface area contributed by atoms with Gasteiger partial charge < -0.3 is 4.74 Å². The number of halogens is 1. The van der Waals surface area contributed by atoms with Crippen LogP contribution in [0.15, 0.2) is 23.3 Å². The van der Waals surface area contributed by atoms with Crippen LogP contribution in [0.2, 0.25) is 0 Å².